The number of benzene rings is 1. The van der Waals surface area contributed by atoms with Crippen molar-refractivity contribution in [2.45, 2.75) is 63.1 Å². The van der Waals surface area contributed by atoms with Crippen molar-refractivity contribution in [3.8, 4) is 0 Å². The number of fused-ring (bicyclic) bond motifs is 1. The highest BCUT2D eigenvalue weighted by molar-refractivity contribution is 5.79. The van der Waals surface area contributed by atoms with Gasteiger partial charge in [0.2, 0.25) is 5.91 Å². The van der Waals surface area contributed by atoms with E-state index in [1.165, 1.54) is 12.8 Å². The zero-order chi connectivity index (χ0) is 28.0. The number of piperidine rings is 1. The highest BCUT2D eigenvalue weighted by Crippen LogP contribution is 2.54. The Bertz CT molecular complexity index is 1400. The Morgan fingerprint density at radius 2 is 1.85 bits per heavy atom. The average molecular weight is 556 g/mol. The lowest BCUT2D eigenvalue weighted by Crippen LogP contribution is -2.47. The minimum atomic E-state index is -4.37. The third-order valence-electron chi connectivity index (χ3n) is 8.65. The van der Waals surface area contributed by atoms with E-state index < -0.39 is 42.7 Å². The summed E-state index contributed by atoms with van der Waals surface area (Å²) in [5, 5.41) is 7.20. The van der Waals surface area contributed by atoms with Crippen LogP contribution in [0.4, 0.5) is 18.0 Å². The molecule has 0 unspecified atom stereocenters. The van der Waals surface area contributed by atoms with Crippen molar-refractivity contribution >= 4 is 17.6 Å². The van der Waals surface area contributed by atoms with Crippen molar-refractivity contribution in [1.29, 1.82) is 0 Å². The first kappa shape index (κ1) is 26.6. The summed E-state index contributed by atoms with van der Waals surface area (Å²) in [7, 11) is 0. The topological polar surface area (TPSA) is 112 Å². The molecule has 3 aliphatic rings. The monoisotopic (exact) mass is 555 g/mol. The Morgan fingerprint density at radius 1 is 1.10 bits per heavy atom. The van der Waals surface area contributed by atoms with Crippen molar-refractivity contribution in [2.75, 3.05) is 6.54 Å². The molecule has 8 nitrogen and oxygen atoms in total. The van der Waals surface area contributed by atoms with Gasteiger partial charge in [-0.3, -0.25) is 4.79 Å². The molecule has 6 rings (SSSR count). The smallest absolute Gasteiger partial charge is 0.405 e. The van der Waals surface area contributed by atoms with Crippen LogP contribution in [0, 0.1) is 23.7 Å². The molecule has 2 amide bonds. The molecule has 0 bridgehead atoms. The fourth-order valence-corrected chi connectivity index (χ4v) is 6.31. The zero-order valence-electron chi connectivity index (χ0n) is 21.9. The number of aromatic nitrogens is 3. The molecule has 40 heavy (non-hydrogen) atoms. The van der Waals surface area contributed by atoms with Gasteiger partial charge in [-0.1, -0.05) is 30.3 Å². The van der Waals surface area contributed by atoms with Crippen LogP contribution in [0.1, 0.15) is 66.8 Å². The van der Waals surface area contributed by atoms with Crippen molar-refractivity contribution in [3.05, 3.63) is 65.1 Å². The van der Waals surface area contributed by atoms with Gasteiger partial charge in [0.1, 0.15) is 5.69 Å². The second-order valence-corrected chi connectivity index (χ2v) is 11.5. The molecule has 212 valence electrons. The molecule has 3 atom stereocenters. The summed E-state index contributed by atoms with van der Waals surface area (Å²) >= 11 is 0. The number of carbonyl (C=O) groups excluding carboxylic acids is 2. The number of halogens is 3. The van der Waals surface area contributed by atoms with Gasteiger partial charge in [-0.15, -0.1) is 0 Å². The lowest BCUT2D eigenvalue weighted by atomic mass is 9.70. The molecule has 2 saturated carbocycles. The summed E-state index contributed by atoms with van der Waals surface area (Å²) in [5.41, 5.74) is 8.93. The van der Waals surface area contributed by atoms with Gasteiger partial charge in [0.15, 0.2) is 11.8 Å². The van der Waals surface area contributed by atoms with Crippen LogP contribution in [-0.4, -0.2) is 39.3 Å². The number of primary amides is 1. The third kappa shape index (κ3) is 5.51. The molecular formula is C29H32F3N5O3. The number of amides is 2. The normalized spacial score (nSPS) is 25.7. The minimum absolute atomic E-state index is 0.0852. The number of hydrogen-bond acceptors (Lipinski definition) is 5. The van der Waals surface area contributed by atoms with Gasteiger partial charge in [-0.2, -0.15) is 18.3 Å². The Kier molecular flexibility index (Phi) is 6.92. The summed E-state index contributed by atoms with van der Waals surface area (Å²) in [6.45, 7) is -0.396. The lowest BCUT2D eigenvalue weighted by Gasteiger charge is -2.36. The molecule has 2 aliphatic carbocycles. The van der Waals surface area contributed by atoms with Crippen LogP contribution in [0.2, 0.25) is 0 Å². The molecule has 3 fully saturated rings. The second kappa shape index (κ2) is 10.4. The number of hydrogen-bond donors (Lipinski definition) is 2. The molecule has 3 heterocycles. The fraction of sp³-hybridized carbons (Fsp3) is 0.517. The summed E-state index contributed by atoms with van der Waals surface area (Å²) in [5.74, 6) is -1.24. The van der Waals surface area contributed by atoms with E-state index in [1.807, 2.05) is 30.3 Å². The zero-order valence-corrected chi connectivity index (χ0v) is 21.9. The van der Waals surface area contributed by atoms with E-state index in [-0.39, 0.29) is 18.8 Å². The third-order valence-corrected chi connectivity index (χ3v) is 8.65. The molecule has 2 aromatic heterocycles. The van der Waals surface area contributed by atoms with Gasteiger partial charge in [0.05, 0.1) is 17.3 Å². The van der Waals surface area contributed by atoms with Crippen molar-refractivity contribution in [2.24, 2.45) is 29.4 Å². The average Bonchev–Trinajstić information content (AvgIpc) is 3.64. The number of imidazole rings is 1. The van der Waals surface area contributed by atoms with Crippen LogP contribution < -0.4 is 11.1 Å². The van der Waals surface area contributed by atoms with Crippen molar-refractivity contribution in [1.82, 2.24) is 19.9 Å². The van der Waals surface area contributed by atoms with E-state index in [0.717, 1.165) is 30.0 Å². The number of nitrogens with two attached hydrogens (primary N) is 1. The maximum absolute atomic E-state index is 13.4. The van der Waals surface area contributed by atoms with E-state index in [2.05, 4.69) is 5.32 Å². The Balaban J connectivity index is 1.34. The standard InChI is InChI=1S/C29H32F3N5O3/c30-29(31,32)21-13-20(27(38)34-15-21)14-22-8-9-24-35-25(23(40-28(33)39)10-16-4-2-1-3-5-16)26(37(24)36-22)19-11-18(12-19)17-6-7-17/h1-5,8-9,17-21,23H,6-7,10-15H2,(H2,33,39)(H,34,38)/t18?,19?,20-,21-,23+/m1/s1. The Hall–Kier alpha value is -3.63. The molecule has 0 spiro atoms. The van der Waals surface area contributed by atoms with E-state index in [9.17, 15) is 22.8 Å². The van der Waals surface area contributed by atoms with Gasteiger partial charge in [0.25, 0.3) is 0 Å². The van der Waals surface area contributed by atoms with Gasteiger partial charge < -0.3 is 15.8 Å². The highest BCUT2D eigenvalue weighted by Gasteiger charge is 2.45. The molecular weight excluding hydrogens is 523 g/mol. The highest BCUT2D eigenvalue weighted by atomic mass is 19.4. The van der Waals surface area contributed by atoms with Gasteiger partial charge >= 0.3 is 12.3 Å². The predicted molar refractivity (Wildman–Crippen MR) is 139 cm³/mol. The van der Waals surface area contributed by atoms with E-state index in [0.29, 0.717) is 29.4 Å². The van der Waals surface area contributed by atoms with Crippen LogP contribution in [-0.2, 0) is 22.4 Å². The van der Waals surface area contributed by atoms with E-state index in [1.54, 1.807) is 16.6 Å². The number of nitrogens with one attached hydrogen (secondary N) is 1. The van der Waals surface area contributed by atoms with Gasteiger partial charge in [0, 0.05) is 31.2 Å². The molecule has 1 aliphatic heterocycles. The van der Waals surface area contributed by atoms with Crippen LogP contribution in [0.15, 0.2) is 42.5 Å². The molecule has 0 radical (unpaired) electrons. The van der Waals surface area contributed by atoms with E-state index >= 15 is 0 Å². The molecule has 1 aromatic carbocycles. The van der Waals surface area contributed by atoms with Crippen LogP contribution in [0.5, 0.6) is 0 Å². The SMILES string of the molecule is NC(=O)O[C@@H](Cc1ccccc1)c1nc2ccc(C[C@H]3C[C@@H](C(F)(F)F)CNC3=O)nn2c1C1CC(C2CC2)C1. The minimum Gasteiger partial charge on any atom is -0.439 e. The first-order valence-electron chi connectivity index (χ1n) is 13.9. The quantitative estimate of drug-likeness (QED) is 0.412. The number of carbonyl (C=O) groups is 2. The molecule has 11 heteroatoms. The number of nitrogens with zero attached hydrogens (tertiary/aromatic N) is 3. The van der Waals surface area contributed by atoms with Crippen LogP contribution in [0.25, 0.3) is 5.65 Å². The lowest BCUT2D eigenvalue weighted by molar-refractivity contribution is -0.183. The first-order valence-corrected chi connectivity index (χ1v) is 13.9. The fourth-order valence-electron chi connectivity index (χ4n) is 6.31. The molecule has 3 aromatic rings. The van der Waals surface area contributed by atoms with Crippen LogP contribution in [0.3, 0.4) is 0 Å². The molecule has 3 N–H and O–H groups in total. The van der Waals surface area contributed by atoms with Crippen LogP contribution >= 0.6 is 0 Å². The van der Waals surface area contributed by atoms with Crippen molar-refractivity contribution in [3.63, 3.8) is 0 Å². The van der Waals surface area contributed by atoms with Gasteiger partial charge in [-0.05, 0) is 61.6 Å². The first-order chi connectivity index (χ1) is 19.2. The van der Waals surface area contributed by atoms with Gasteiger partial charge in [-0.25, -0.2) is 14.3 Å². The summed E-state index contributed by atoms with van der Waals surface area (Å²) in [6, 6.07) is 13.1. The maximum Gasteiger partial charge on any atom is 0.405 e. The molecule has 1 saturated heterocycles. The Labute approximate surface area is 229 Å². The largest absolute Gasteiger partial charge is 0.439 e. The Morgan fingerprint density at radius 3 is 2.52 bits per heavy atom. The predicted octanol–water partition coefficient (Wildman–Crippen LogP) is 4.87. The number of ether oxygens (including phenoxy) is 1. The summed E-state index contributed by atoms with van der Waals surface area (Å²) in [4.78, 5) is 29.2. The summed E-state index contributed by atoms with van der Waals surface area (Å²) in [6.07, 6.45) is -1.33. The number of alkyl halides is 3. The second-order valence-electron chi connectivity index (χ2n) is 11.5. The maximum atomic E-state index is 13.4. The number of rotatable bonds is 8. The van der Waals surface area contributed by atoms with Crippen molar-refractivity contribution < 1.29 is 27.5 Å². The summed E-state index contributed by atoms with van der Waals surface area (Å²) < 4.78 is 47.4. The van der Waals surface area contributed by atoms with E-state index in [4.69, 9.17) is 20.6 Å².